The van der Waals surface area contributed by atoms with Gasteiger partial charge in [0.2, 0.25) is 0 Å². The molecule has 0 aliphatic heterocycles. The van der Waals surface area contributed by atoms with Crippen molar-refractivity contribution in [2.24, 2.45) is 0 Å². The number of carbonyl (C=O) groups excluding carboxylic acids is 1. The molecule has 1 saturated carbocycles. The lowest BCUT2D eigenvalue weighted by atomic mass is 10.2. The van der Waals surface area contributed by atoms with Gasteiger partial charge in [0.15, 0.2) is 0 Å². The van der Waals surface area contributed by atoms with Crippen LogP contribution in [0, 0.1) is 5.82 Å². The summed E-state index contributed by atoms with van der Waals surface area (Å²) < 4.78 is 13.1. The average molecular weight is 300 g/mol. The van der Waals surface area contributed by atoms with Gasteiger partial charge in [0, 0.05) is 11.7 Å². The molecule has 22 heavy (non-hydrogen) atoms. The maximum Gasteiger partial charge on any atom is 0.271 e. The first-order chi connectivity index (χ1) is 10.7. The van der Waals surface area contributed by atoms with E-state index in [-0.39, 0.29) is 23.5 Å². The maximum atomic E-state index is 13.1. The molecule has 3 rings (SSSR count). The quantitative estimate of drug-likeness (QED) is 0.911. The van der Waals surface area contributed by atoms with E-state index in [1.807, 2.05) is 0 Å². The number of rotatable bonds is 4. The first-order valence-electron chi connectivity index (χ1n) is 7.36. The Bertz CT molecular complexity index is 653. The number of amides is 1. The van der Waals surface area contributed by atoms with Gasteiger partial charge in [0.05, 0.1) is 12.4 Å². The van der Waals surface area contributed by atoms with Crippen molar-refractivity contribution < 1.29 is 9.18 Å². The third kappa shape index (κ3) is 3.58. The number of hydrogen-bond donors (Lipinski definition) is 2. The molecule has 2 N–H and O–H groups in total. The summed E-state index contributed by atoms with van der Waals surface area (Å²) in [4.78, 5) is 20.3. The zero-order valence-electron chi connectivity index (χ0n) is 12.1. The minimum atomic E-state index is -0.328. The van der Waals surface area contributed by atoms with E-state index in [1.165, 1.54) is 24.5 Å². The molecular formula is C16H17FN4O. The summed E-state index contributed by atoms with van der Waals surface area (Å²) in [6, 6.07) is 6.31. The van der Waals surface area contributed by atoms with Gasteiger partial charge in [-0.25, -0.2) is 14.4 Å². The van der Waals surface area contributed by atoms with Crippen LogP contribution in [0.2, 0.25) is 0 Å². The van der Waals surface area contributed by atoms with Crippen LogP contribution in [0.5, 0.6) is 0 Å². The summed E-state index contributed by atoms with van der Waals surface area (Å²) in [6.45, 7) is 0. The molecular weight excluding hydrogens is 283 g/mol. The second-order valence-electron chi connectivity index (χ2n) is 5.38. The monoisotopic (exact) mass is 300 g/mol. The third-order valence-electron chi connectivity index (χ3n) is 3.67. The number of aromatic nitrogens is 2. The smallest absolute Gasteiger partial charge is 0.271 e. The van der Waals surface area contributed by atoms with E-state index < -0.39 is 0 Å². The number of hydrogen-bond acceptors (Lipinski definition) is 4. The fraction of sp³-hybridized carbons (Fsp3) is 0.312. The second kappa shape index (κ2) is 6.51. The van der Waals surface area contributed by atoms with Gasteiger partial charge in [-0.15, -0.1) is 0 Å². The summed E-state index contributed by atoms with van der Waals surface area (Å²) in [5.74, 6) is -0.0646. The minimum Gasteiger partial charge on any atom is -0.348 e. The molecule has 2 aromatic rings. The van der Waals surface area contributed by atoms with Crippen molar-refractivity contribution in [1.29, 1.82) is 0 Å². The molecule has 114 valence electrons. The van der Waals surface area contributed by atoms with E-state index in [0.717, 1.165) is 25.7 Å². The molecule has 0 spiro atoms. The zero-order valence-corrected chi connectivity index (χ0v) is 12.1. The van der Waals surface area contributed by atoms with Crippen LogP contribution < -0.4 is 10.6 Å². The van der Waals surface area contributed by atoms with Gasteiger partial charge in [0.1, 0.15) is 17.3 Å². The highest BCUT2D eigenvalue weighted by Crippen LogP contribution is 2.18. The van der Waals surface area contributed by atoms with Crippen LogP contribution in [0.25, 0.3) is 0 Å². The van der Waals surface area contributed by atoms with Gasteiger partial charge in [-0.2, -0.15) is 0 Å². The van der Waals surface area contributed by atoms with Crippen molar-refractivity contribution in [2.75, 3.05) is 5.32 Å². The van der Waals surface area contributed by atoms with Crippen LogP contribution >= 0.6 is 0 Å². The molecule has 0 atom stereocenters. The Kier molecular flexibility index (Phi) is 4.27. The topological polar surface area (TPSA) is 66.9 Å². The standard InChI is InChI=1S/C16H17FN4O/c17-11-4-3-7-13(8-11)20-15-10-18-14(9-19-15)16(22)21-12-5-1-2-6-12/h3-4,7-10,12H,1-2,5-6H2,(H,19,20)(H,21,22). The fourth-order valence-corrected chi connectivity index (χ4v) is 2.55. The van der Waals surface area contributed by atoms with Crippen LogP contribution in [0.4, 0.5) is 15.9 Å². The largest absolute Gasteiger partial charge is 0.348 e. The van der Waals surface area contributed by atoms with Crippen molar-refractivity contribution in [1.82, 2.24) is 15.3 Å². The van der Waals surface area contributed by atoms with Crippen molar-refractivity contribution in [2.45, 2.75) is 31.7 Å². The summed E-state index contributed by atoms with van der Waals surface area (Å²) in [6.07, 6.45) is 7.26. The summed E-state index contributed by atoms with van der Waals surface area (Å²) in [5.41, 5.74) is 0.870. The van der Waals surface area contributed by atoms with Gasteiger partial charge in [-0.3, -0.25) is 4.79 Å². The number of carbonyl (C=O) groups is 1. The van der Waals surface area contributed by atoms with Gasteiger partial charge < -0.3 is 10.6 Å². The van der Waals surface area contributed by atoms with Gasteiger partial charge in [0.25, 0.3) is 5.91 Å². The summed E-state index contributed by atoms with van der Waals surface area (Å²) >= 11 is 0. The number of nitrogens with zero attached hydrogens (tertiary/aromatic N) is 2. The molecule has 6 heteroatoms. The van der Waals surface area contributed by atoms with Crippen LogP contribution in [-0.2, 0) is 0 Å². The average Bonchev–Trinajstić information content (AvgIpc) is 3.01. The Morgan fingerprint density at radius 2 is 2.00 bits per heavy atom. The van der Waals surface area contributed by atoms with Crippen LogP contribution in [0.15, 0.2) is 36.7 Å². The number of nitrogens with one attached hydrogen (secondary N) is 2. The highest BCUT2D eigenvalue weighted by molar-refractivity contribution is 5.92. The van der Waals surface area contributed by atoms with Crippen LogP contribution in [-0.4, -0.2) is 21.9 Å². The lowest BCUT2D eigenvalue weighted by Crippen LogP contribution is -2.33. The highest BCUT2D eigenvalue weighted by Gasteiger charge is 2.18. The van der Waals surface area contributed by atoms with Crippen molar-refractivity contribution >= 4 is 17.4 Å². The minimum absolute atomic E-state index is 0.197. The predicted molar refractivity (Wildman–Crippen MR) is 81.4 cm³/mol. The van der Waals surface area contributed by atoms with E-state index in [1.54, 1.807) is 12.1 Å². The van der Waals surface area contributed by atoms with Crippen molar-refractivity contribution in [3.05, 3.63) is 48.2 Å². The second-order valence-corrected chi connectivity index (χ2v) is 5.38. The number of anilines is 2. The van der Waals surface area contributed by atoms with Gasteiger partial charge in [-0.1, -0.05) is 18.9 Å². The molecule has 1 aromatic carbocycles. The molecule has 1 heterocycles. The van der Waals surface area contributed by atoms with Crippen LogP contribution in [0.1, 0.15) is 36.2 Å². The Morgan fingerprint density at radius 3 is 2.68 bits per heavy atom. The molecule has 0 bridgehead atoms. The lowest BCUT2D eigenvalue weighted by Gasteiger charge is -2.11. The molecule has 1 amide bonds. The Labute approximate surface area is 128 Å². The predicted octanol–water partition coefficient (Wildman–Crippen LogP) is 3.03. The Balaban J connectivity index is 1.63. The molecule has 1 aromatic heterocycles. The summed E-state index contributed by atoms with van der Waals surface area (Å²) in [7, 11) is 0. The van der Waals surface area contributed by atoms with E-state index in [4.69, 9.17) is 0 Å². The van der Waals surface area contributed by atoms with Gasteiger partial charge in [-0.05, 0) is 31.0 Å². The number of halogens is 1. The first-order valence-corrected chi connectivity index (χ1v) is 7.36. The third-order valence-corrected chi connectivity index (χ3v) is 3.67. The SMILES string of the molecule is O=C(NC1CCCC1)c1cnc(Nc2cccc(F)c2)cn1. The molecule has 1 aliphatic rings. The molecule has 0 radical (unpaired) electrons. The number of benzene rings is 1. The Hall–Kier alpha value is -2.50. The van der Waals surface area contributed by atoms with E-state index in [2.05, 4.69) is 20.6 Å². The molecule has 1 fully saturated rings. The zero-order chi connectivity index (χ0) is 15.4. The van der Waals surface area contributed by atoms with E-state index in [9.17, 15) is 9.18 Å². The maximum absolute atomic E-state index is 13.1. The van der Waals surface area contributed by atoms with Gasteiger partial charge >= 0.3 is 0 Å². The molecule has 5 nitrogen and oxygen atoms in total. The van der Waals surface area contributed by atoms with Crippen LogP contribution in [0.3, 0.4) is 0 Å². The molecule has 0 unspecified atom stereocenters. The van der Waals surface area contributed by atoms with Crippen molar-refractivity contribution in [3.63, 3.8) is 0 Å². The lowest BCUT2D eigenvalue weighted by molar-refractivity contribution is 0.0932. The normalized spacial score (nSPS) is 14.8. The van der Waals surface area contributed by atoms with Crippen molar-refractivity contribution in [3.8, 4) is 0 Å². The summed E-state index contributed by atoms with van der Waals surface area (Å²) in [5, 5.41) is 5.90. The molecule has 1 aliphatic carbocycles. The highest BCUT2D eigenvalue weighted by atomic mass is 19.1. The fourth-order valence-electron chi connectivity index (χ4n) is 2.55. The first kappa shape index (κ1) is 14.4. The van der Waals surface area contributed by atoms with E-state index >= 15 is 0 Å². The Morgan fingerprint density at radius 1 is 1.18 bits per heavy atom. The van der Waals surface area contributed by atoms with E-state index in [0.29, 0.717) is 11.5 Å². The molecule has 0 saturated heterocycles.